The van der Waals surface area contributed by atoms with E-state index in [1.807, 2.05) is 36.1 Å². The Morgan fingerprint density at radius 1 is 1.21 bits per heavy atom. The molecule has 2 amide bonds. The number of hydrogen-bond acceptors (Lipinski definition) is 3. The van der Waals surface area contributed by atoms with Crippen LogP contribution < -0.4 is 10.1 Å². The Morgan fingerprint density at radius 3 is 2.52 bits per heavy atom. The van der Waals surface area contributed by atoms with Crippen LogP contribution in [-0.4, -0.2) is 43.0 Å². The summed E-state index contributed by atoms with van der Waals surface area (Å²) < 4.78 is 5.44. The van der Waals surface area contributed by atoms with Crippen LogP contribution in [0.25, 0.3) is 0 Å². The average Bonchev–Trinajstić information content (AvgIpc) is 2.73. The van der Waals surface area contributed by atoms with Gasteiger partial charge in [-0.1, -0.05) is 36.9 Å². The van der Waals surface area contributed by atoms with E-state index < -0.39 is 0 Å². The summed E-state index contributed by atoms with van der Waals surface area (Å²) in [6.07, 6.45) is 6.03. The van der Waals surface area contributed by atoms with Crippen molar-refractivity contribution >= 4 is 11.8 Å². The van der Waals surface area contributed by atoms with Crippen LogP contribution in [0.5, 0.6) is 5.75 Å². The number of hydrogen-bond donors (Lipinski definition) is 1. The summed E-state index contributed by atoms with van der Waals surface area (Å²) in [7, 11) is 0. The Balaban J connectivity index is 1.65. The van der Waals surface area contributed by atoms with E-state index in [4.69, 9.17) is 4.74 Å². The molecule has 0 aromatic heterocycles. The first kappa shape index (κ1) is 22.7. The Kier molecular flexibility index (Phi) is 9.48. The van der Waals surface area contributed by atoms with Crippen molar-refractivity contribution < 1.29 is 14.3 Å². The predicted octanol–water partition coefficient (Wildman–Crippen LogP) is 3.90. The lowest BCUT2D eigenvalue weighted by atomic mass is 9.93. The second-order valence-electron chi connectivity index (χ2n) is 7.57. The van der Waals surface area contributed by atoms with E-state index in [-0.39, 0.29) is 11.8 Å². The van der Waals surface area contributed by atoms with Crippen molar-refractivity contribution in [2.45, 2.75) is 45.4 Å². The molecule has 1 aliphatic rings. The van der Waals surface area contributed by atoms with Crippen molar-refractivity contribution in [3.05, 3.63) is 54.6 Å². The number of nitrogens with zero attached hydrogens (tertiary/aromatic N) is 1. The maximum atomic E-state index is 12.5. The van der Waals surface area contributed by atoms with E-state index in [0.717, 1.165) is 55.7 Å². The van der Waals surface area contributed by atoms with Gasteiger partial charge in [-0.15, -0.1) is 0 Å². The second-order valence-corrected chi connectivity index (χ2v) is 7.57. The maximum Gasteiger partial charge on any atom is 0.222 e. The van der Waals surface area contributed by atoms with E-state index in [1.54, 1.807) is 6.08 Å². The van der Waals surface area contributed by atoms with Gasteiger partial charge in [0.05, 0.1) is 6.61 Å². The van der Waals surface area contributed by atoms with Crippen LogP contribution in [0, 0.1) is 5.92 Å². The molecule has 1 aromatic carbocycles. The molecule has 0 bridgehead atoms. The fourth-order valence-corrected chi connectivity index (χ4v) is 3.51. The number of carbonyl (C=O) groups excluding carboxylic acids is 2. The molecule has 0 radical (unpaired) electrons. The quantitative estimate of drug-likeness (QED) is 0.575. The molecule has 0 atom stereocenters. The van der Waals surface area contributed by atoms with Gasteiger partial charge in [0, 0.05) is 32.5 Å². The maximum absolute atomic E-state index is 12.5. The summed E-state index contributed by atoms with van der Waals surface area (Å²) in [6.45, 7) is 12.2. The zero-order valence-electron chi connectivity index (χ0n) is 17.6. The van der Waals surface area contributed by atoms with Gasteiger partial charge < -0.3 is 15.0 Å². The molecule has 1 aliphatic heterocycles. The normalized spacial score (nSPS) is 14.3. The summed E-state index contributed by atoms with van der Waals surface area (Å²) in [5, 5.41) is 2.94. The fourth-order valence-electron chi connectivity index (χ4n) is 3.51. The highest BCUT2D eigenvalue weighted by Crippen LogP contribution is 2.21. The monoisotopic (exact) mass is 398 g/mol. The van der Waals surface area contributed by atoms with Gasteiger partial charge in [0.1, 0.15) is 5.75 Å². The first-order valence-electron chi connectivity index (χ1n) is 10.6. The van der Waals surface area contributed by atoms with Crippen LogP contribution in [0.1, 0.15) is 44.6 Å². The molecule has 5 nitrogen and oxygen atoms in total. The number of benzene rings is 1. The summed E-state index contributed by atoms with van der Waals surface area (Å²) in [6, 6.07) is 7.95. The van der Waals surface area contributed by atoms with E-state index in [1.165, 1.54) is 0 Å². The van der Waals surface area contributed by atoms with Crippen LogP contribution in [0.4, 0.5) is 0 Å². The first-order chi connectivity index (χ1) is 14.0. The standard InChI is InChI=1S/C24H34N2O3/c1-4-19(3)12-15-25-23(27)18-21-13-16-26(17-14-21)24(28)11-8-20-6-9-22(10-7-20)29-5-2/h4,6-7,9-10,21H,1,3,5,8,11-18H2,2H3,(H,25,27). The van der Waals surface area contributed by atoms with Crippen molar-refractivity contribution in [3.8, 4) is 5.75 Å². The lowest BCUT2D eigenvalue weighted by Gasteiger charge is -2.32. The number of nitrogens with one attached hydrogen (secondary N) is 1. The van der Waals surface area contributed by atoms with Crippen LogP contribution in [0.15, 0.2) is 49.1 Å². The molecule has 0 saturated carbocycles. The Morgan fingerprint density at radius 2 is 1.90 bits per heavy atom. The van der Waals surface area contributed by atoms with Crippen LogP contribution >= 0.6 is 0 Å². The van der Waals surface area contributed by atoms with Gasteiger partial charge in [-0.05, 0) is 56.2 Å². The molecule has 0 spiro atoms. The zero-order chi connectivity index (χ0) is 21.1. The van der Waals surface area contributed by atoms with Gasteiger partial charge in [-0.3, -0.25) is 9.59 Å². The lowest BCUT2D eigenvalue weighted by Crippen LogP contribution is -2.39. The number of likely N-dealkylation sites (tertiary alicyclic amines) is 1. The van der Waals surface area contributed by atoms with Crippen LogP contribution in [0.3, 0.4) is 0 Å². The number of piperidine rings is 1. The minimum atomic E-state index is 0.0853. The van der Waals surface area contributed by atoms with Crippen molar-refractivity contribution in [1.82, 2.24) is 10.2 Å². The number of aryl methyl sites for hydroxylation is 1. The Hall–Kier alpha value is -2.56. The summed E-state index contributed by atoms with van der Waals surface area (Å²) in [5.41, 5.74) is 2.08. The van der Waals surface area contributed by atoms with Crippen molar-refractivity contribution in [3.63, 3.8) is 0 Å². The van der Waals surface area contributed by atoms with Crippen molar-refractivity contribution in [2.24, 2.45) is 5.92 Å². The number of ether oxygens (including phenoxy) is 1. The third-order valence-electron chi connectivity index (χ3n) is 5.36. The van der Waals surface area contributed by atoms with Gasteiger partial charge in [0.2, 0.25) is 11.8 Å². The van der Waals surface area contributed by atoms with Gasteiger partial charge in [-0.25, -0.2) is 0 Å². The van der Waals surface area contributed by atoms with E-state index in [2.05, 4.69) is 18.5 Å². The molecule has 1 aromatic rings. The third-order valence-corrected chi connectivity index (χ3v) is 5.36. The van der Waals surface area contributed by atoms with E-state index in [0.29, 0.717) is 31.9 Å². The summed E-state index contributed by atoms with van der Waals surface area (Å²) in [5.74, 6) is 1.50. The van der Waals surface area contributed by atoms with Gasteiger partial charge in [0.15, 0.2) is 0 Å². The van der Waals surface area contributed by atoms with Gasteiger partial charge in [0.25, 0.3) is 0 Å². The Labute approximate surface area is 174 Å². The number of rotatable bonds is 11. The molecule has 158 valence electrons. The molecular formula is C24H34N2O3. The lowest BCUT2D eigenvalue weighted by molar-refractivity contribution is -0.132. The molecule has 1 N–H and O–H groups in total. The average molecular weight is 399 g/mol. The molecule has 0 unspecified atom stereocenters. The molecule has 1 fully saturated rings. The zero-order valence-corrected chi connectivity index (χ0v) is 17.6. The molecule has 5 heteroatoms. The molecule has 1 saturated heterocycles. The molecule has 2 rings (SSSR count). The van der Waals surface area contributed by atoms with Crippen LogP contribution in [0.2, 0.25) is 0 Å². The number of carbonyl (C=O) groups is 2. The smallest absolute Gasteiger partial charge is 0.222 e. The highest BCUT2D eigenvalue weighted by Gasteiger charge is 2.24. The number of amides is 2. The highest BCUT2D eigenvalue weighted by molar-refractivity contribution is 5.77. The molecule has 29 heavy (non-hydrogen) atoms. The topological polar surface area (TPSA) is 58.6 Å². The molecular weight excluding hydrogens is 364 g/mol. The Bertz CT molecular complexity index is 689. The fraction of sp³-hybridized carbons (Fsp3) is 0.500. The SMILES string of the molecule is C=CC(=C)CCNC(=O)CC1CCN(C(=O)CCc2ccc(OCC)cc2)CC1. The second kappa shape index (κ2) is 12.1. The minimum Gasteiger partial charge on any atom is -0.494 e. The first-order valence-corrected chi connectivity index (χ1v) is 10.6. The molecule has 0 aliphatic carbocycles. The van der Waals surface area contributed by atoms with E-state index >= 15 is 0 Å². The summed E-state index contributed by atoms with van der Waals surface area (Å²) >= 11 is 0. The molecule has 1 heterocycles. The number of allylic oxidation sites excluding steroid dienone is 1. The van der Waals surface area contributed by atoms with E-state index in [9.17, 15) is 9.59 Å². The minimum absolute atomic E-state index is 0.0853. The van der Waals surface area contributed by atoms with Gasteiger partial charge >= 0.3 is 0 Å². The third kappa shape index (κ3) is 8.14. The van der Waals surface area contributed by atoms with Crippen molar-refractivity contribution in [1.29, 1.82) is 0 Å². The van der Waals surface area contributed by atoms with Gasteiger partial charge in [-0.2, -0.15) is 0 Å². The van der Waals surface area contributed by atoms with Crippen LogP contribution in [-0.2, 0) is 16.0 Å². The predicted molar refractivity (Wildman–Crippen MR) is 117 cm³/mol. The highest BCUT2D eigenvalue weighted by atomic mass is 16.5. The largest absolute Gasteiger partial charge is 0.494 e. The van der Waals surface area contributed by atoms with Crippen molar-refractivity contribution in [2.75, 3.05) is 26.2 Å². The summed E-state index contributed by atoms with van der Waals surface area (Å²) in [4.78, 5) is 26.5.